The van der Waals surface area contributed by atoms with E-state index in [1.165, 1.54) is 0 Å². The highest BCUT2D eigenvalue weighted by Crippen LogP contribution is 2.30. The molecule has 0 fully saturated rings. The largest absolute Gasteiger partial charge is 0.497 e. The molecule has 0 aliphatic carbocycles. The number of hydrogen-bond acceptors (Lipinski definition) is 5. The molecule has 0 spiro atoms. The normalized spacial score (nSPS) is 10.9. The van der Waals surface area contributed by atoms with Gasteiger partial charge in [-0.15, -0.1) is 0 Å². The smallest absolute Gasteiger partial charge is 0.229 e. The SMILES string of the molecule is COc1cc(CN(C)C)cc(-c2cnoc2N)c1. The number of anilines is 1. The fourth-order valence-corrected chi connectivity index (χ4v) is 1.86. The van der Waals surface area contributed by atoms with Crippen molar-refractivity contribution < 1.29 is 9.26 Å². The van der Waals surface area contributed by atoms with Gasteiger partial charge in [-0.25, -0.2) is 0 Å². The van der Waals surface area contributed by atoms with Crippen LogP contribution in [0.3, 0.4) is 0 Å². The molecule has 0 saturated carbocycles. The summed E-state index contributed by atoms with van der Waals surface area (Å²) in [6, 6.07) is 5.99. The van der Waals surface area contributed by atoms with Crippen molar-refractivity contribution in [3.8, 4) is 16.9 Å². The minimum atomic E-state index is 0.319. The number of benzene rings is 1. The summed E-state index contributed by atoms with van der Waals surface area (Å²) in [4.78, 5) is 2.09. The Bertz CT molecular complexity index is 535. The summed E-state index contributed by atoms with van der Waals surface area (Å²) in [5.41, 5.74) is 8.62. The van der Waals surface area contributed by atoms with Crippen molar-refractivity contribution in [2.24, 2.45) is 0 Å². The van der Waals surface area contributed by atoms with Crippen LogP contribution in [0, 0.1) is 0 Å². The van der Waals surface area contributed by atoms with Crippen LogP contribution in [0.15, 0.2) is 28.9 Å². The van der Waals surface area contributed by atoms with Crippen molar-refractivity contribution in [1.29, 1.82) is 0 Å². The molecule has 0 aliphatic heterocycles. The minimum Gasteiger partial charge on any atom is -0.497 e. The Morgan fingerprint density at radius 2 is 2.11 bits per heavy atom. The van der Waals surface area contributed by atoms with E-state index in [1.807, 2.05) is 26.2 Å². The molecule has 0 unspecified atom stereocenters. The molecule has 0 radical (unpaired) electrons. The average Bonchev–Trinajstić information content (AvgIpc) is 2.74. The monoisotopic (exact) mass is 247 g/mol. The molecule has 5 heteroatoms. The van der Waals surface area contributed by atoms with Gasteiger partial charge in [-0.05, 0) is 43.4 Å². The maximum atomic E-state index is 5.74. The van der Waals surface area contributed by atoms with Crippen molar-refractivity contribution >= 4 is 5.88 Å². The first-order valence-electron chi connectivity index (χ1n) is 5.63. The van der Waals surface area contributed by atoms with Gasteiger partial charge in [0.15, 0.2) is 0 Å². The van der Waals surface area contributed by atoms with Crippen LogP contribution in [0.25, 0.3) is 11.1 Å². The molecular weight excluding hydrogens is 230 g/mol. The Labute approximate surface area is 106 Å². The fraction of sp³-hybridized carbons (Fsp3) is 0.308. The molecule has 0 atom stereocenters. The number of nitrogen functional groups attached to an aromatic ring is 1. The third kappa shape index (κ3) is 2.62. The summed E-state index contributed by atoms with van der Waals surface area (Å²) >= 11 is 0. The topological polar surface area (TPSA) is 64.5 Å². The molecular formula is C13H17N3O2. The zero-order chi connectivity index (χ0) is 13.1. The molecule has 18 heavy (non-hydrogen) atoms. The number of hydrogen-bond donors (Lipinski definition) is 1. The third-order valence-electron chi connectivity index (χ3n) is 2.61. The molecule has 0 bridgehead atoms. The molecule has 2 aromatic rings. The molecule has 96 valence electrons. The summed E-state index contributed by atoms with van der Waals surface area (Å²) < 4.78 is 10.2. The first-order valence-corrected chi connectivity index (χ1v) is 5.63. The highest BCUT2D eigenvalue weighted by atomic mass is 16.5. The summed E-state index contributed by atoms with van der Waals surface area (Å²) in [6.45, 7) is 0.829. The van der Waals surface area contributed by atoms with Crippen LogP contribution in [0.1, 0.15) is 5.56 Å². The maximum absolute atomic E-state index is 5.74. The van der Waals surface area contributed by atoms with Gasteiger partial charge in [-0.3, -0.25) is 0 Å². The maximum Gasteiger partial charge on any atom is 0.229 e. The van der Waals surface area contributed by atoms with Crippen LogP contribution >= 0.6 is 0 Å². The van der Waals surface area contributed by atoms with Crippen molar-refractivity contribution in [2.45, 2.75) is 6.54 Å². The highest BCUT2D eigenvalue weighted by molar-refractivity contribution is 5.73. The van der Waals surface area contributed by atoms with Crippen LogP contribution in [0.4, 0.5) is 5.88 Å². The Balaban J connectivity index is 2.44. The van der Waals surface area contributed by atoms with Gasteiger partial charge in [0.25, 0.3) is 0 Å². The number of nitrogens with two attached hydrogens (primary N) is 1. The van der Waals surface area contributed by atoms with Crippen molar-refractivity contribution in [3.05, 3.63) is 30.0 Å². The molecule has 1 aromatic heterocycles. The van der Waals surface area contributed by atoms with E-state index in [9.17, 15) is 0 Å². The number of rotatable bonds is 4. The summed E-state index contributed by atoms with van der Waals surface area (Å²) in [6.07, 6.45) is 1.61. The summed E-state index contributed by atoms with van der Waals surface area (Å²) in [7, 11) is 5.69. The highest BCUT2D eigenvalue weighted by Gasteiger charge is 2.10. The van der Waals surface area contributed by atoms with Crippen LogP contribution in [-0.2, 0) is 6.54 Å². The summed E-state index contributed by atoms with van der Waals surface area (Å²) in [5, 5.41) is 3.69. The Hall–Kier alpha value is -2.01. The van der Waals surface area contributed by atoms with Gasteiger partial charge >= 0.3 is 0 Å². The van der Waals surface area contributed by atoms with Crippen LogP contribution < -0.4 is 10.5 Å². The van der Waals surface area contributed by atoms with E-state index in [0.717, 1.165) is 29.0 Å². The van der Waals surface area contributed by atoms with Gasteiger partial charge in [-0.2, -0.15) is 0 Å². The van der Waals surface area contributed by atoms with Crippen molar-refractivity contribution in [3.63, 3.8) is 0 Å². The van der Waals surface area contributed by atoms with Gasteiger partial charge in [0.2, 0.25) is 5.88 Å². The van der Waals surface area contributed by atoms with Gasteiger partial charge in [-0.1, -0.05) is 5.16 Å². The number of methoxy groups -OCH3 is 1. The van der Waals surface area contributed by atoms with E-state index >= 15 is 0 Å². The molecule has 1 heterocycles. The predicted octanol–water partition coefficient (Wildman–Crippen LogP) is 1.99. The van der Waals surface area contributed by atoms with Gasteiger partial charge in [0.05, 0.1) is 18.9 Å². The van der Waals surface area contributed by atoms with Gasteiger partial charge in [0, 0.05) is 6.54 Å². The van der Waals surface area contributed by atoms with Crippen molar-refractivity contribution in [2.75, 3.05) is 26.9 Å². The van der Waals surface area contributed by atoms with Gasteiger partial charge in [0.1, 0.15) is 5.75 Å². The minimum absolute atomic E-state index is 0.319. The number of aromatic nitrogens is 1. The molecule has 2 rings (SSSR count). The zero-order valence-electron chi connectivity index (χ0n) is 10.8. The van der Waals surface area contributed by atoms with E-state index in [1.54, 1.807) is 13.3 Å². The zero-order valence-corrected chi connectivity index (χ0v) is 10.8. The second-order valence-corrected chi connectivity index (χ2v) is 4.41. The van der Waals surface area contributed by atoms with E-state index in [0.29, 0.717) is 5.88 Å². The van der Waals surface area contributed by atoms with Crippen LogP contribution in [0.5, 0.6) is 5.75 Å². The lowest BCUT2D eigenvalue weighted by atomic mass is 10.0. The van der Waals surface area contributed by atoms with Crippen molar-refractivity contribution in [1.82, 2.24) is 10.1 Å². The van der Waals surface area contributed by atoms with Crippen LogP contribution in [-0.4, -0.2) is 31.3 Å². The van der Waals surface area contributed by atoms with Crippen LogP contribution in [0.2, 0.25) is 0 Å². The van der Waals surface area contributed by atoms with E-state index in [-0.39, 0.29) is 0 Å². The lowest BCUT2D eigenvalue weighted by Gasteiger charge is -2.12. The fourth-order valence-electron chi connectivity index (χ4n) is 1.86. The Morgan fingerprint density at radius 1 is 1.33 bits per heavy atom. The molecule has 0 amide bonds. The lowest BCUT2D eigenvalue weighted by molar-refractivity contribution is 0.395. The molecule has 2 N–H and O–H groups in total. The van der Waals surface area contributed by atoms with E-state index < -0.39 is 0 Å². The standard InChI is InChI=1S/C13H17N3O2/c1-16(2)8-9-4-10(6-11(5-9)17-3)12-7-15-18-13(12)14/h4-7H,8,14H2,1-3H3. The number of ether oxygens (including phenoxy) is 1. The third-order valence-corrected chi connectivity index (χ3v) is 2.61. The molecule has 0 aliphatic rings. The molecule has 0 saturated heterocycles. The first kappa shape index (κ1) is 12.4. The molecule has 5 nitrogen and oxygen atoms in total. The van der Waals surface area contributed by atoms with E-state index in [4.69, 9.17) is 15.0 Å². The lowest BCUT2D eigenvalue weighted by Crippen LogP contribution is -2.10. The van der Waals surface area contributed by atoms with E-state index in [2.05, 4.69) is 16.1 Å². The van der Waals surface area contributed by atoms with Gasteiger partial charge < -0.3 is 19.9 Å². The summed E-state index contributed by atoms with van der Waals surface area (Å²) in [5.74, 6) is 1.11. The quantitative estimate of drug-likeness (QED) is 0.895. The first-order chi connectivity index (χ1) is 8.60. The Kier molecular flexibility index (Phi) is 3.53. The predicted molar refractivity (Wildman–Crippen MR) is 70.3 cm³/mol. The second-order valence-electron chi connectivity index (χ2n) is 4.41. The Morgan fingerprint density at radius 3 is 2.67 bits per heavy atom. The molecule has 1 aromatic carbocycles. The average molecular weight is 247 g/mol. The number of nitrogens with zero attached hydrogens (tertiary/aromatic N) is 2. The second kappa shape index (κ2) is 5.10.